The Bertz CT molecular complexity index is 1820. The van der Waals surface area contributed by atoms with Crippen LogP contribution in [0, 0.1) is 0 Å². The molecule has 1 fully saturated rings. The Hall–Kier alpha value is -3.28. The highest BCUT2D eigenvalue weighted by Gasteiger charge is 2.52. The highest BCUT2D eigenvalue weighted by molar-refractivity contribution is 6.65. The molecule has 37 heavy (non-hydrogen) atoms. The lowest BCUT2D eigenvalue weighted by Gasteiger charge is -2.32. The molecule has 7 rings (SSSR count). The molecule has 0 amide bonds. The van der Waals surface area contributed by atoms with Gasteiger partial charge in [-0.3, -0.25) is 0 Å². The van der Waals surface area contributed by atoms with E-state index < -0.39 is 18.3 Å². The van der Waals surface area contributed by atoms with E-state index in [1.807, 2.05) is 6.07 Å². The lowest BCUT2D eigenvalue weighted by Crippen LogP contribution is -2.41. The summed E-state index contributed by atoms with van der Waals surface area (Å²) in [7, 11) is -0.482. The zero-order valence-electron chi connectivity index (χ0n) is 22.1. The van der Waals surface area contributed by atoms with Gasteiger partial charge in [0.15, 0.2) is 0 Å². The van der Waals surface area contributed by atoms with Gasteiger partial charge in [0.05, 0.1) is 11.2 Å². The maximum Gasteiger partial charge on any atom is 0.498 e. The molecular formula is C32H31BO4. The van der Waals surface area contributed by atoms with Crippen molar-refractivity contribution in [1.29, 1.82) is 0 Å². The van der Waals surface area contributed by atoms with Crippen LogP contribution in [0.1, 0.15) is 53.0 Å². The average molecular weight is 490 g/mol. The summed E-state index contributed by atoms with van der Waals surface area (Å²) in [6.45, 7) is 10.5. The Balaban J connectivity index is 1.42. The molecule has 186 valence electrons. The van der Waals surface area contributed by atoms with Crippen molar-refractivity contribution in [3.8, 4) is 0 Å². The molecule has 0 unspecified atom stereocenters. The van der Waals surface area contributed by atoms with Gasteiger partial charge < -0.3 is 18.1 Å². The van der Waals surface area contributed by atoms with Crippen LogP contribution >= 0.6 is 0 Å². The van der Waals surface area contributed by atoms with E-state index >= 15 is 0 Å². The second-order valence-electron chi connectivity index (χ2n) is 11.4. The number of hydrogen-bond donors (Lipinski definition) is 0. The van der Waals surface area contributed by atoms with Crippen molar-refractivity contribution in [3.05, 3.63) is 66.2 Å². The summed E-state index contributed by atoms with van der Waals surface area (Å²) in [5.74, 6) is 0. The molecule has 0 N–H and O–H groups in total. The Morgan fingerprint density at radius 3 is 1.89 bits per heavy atom. The summed E-state index contributed by atoms with van der Waals surface area (Å²) in [5, 5.41) is 6.58. The van der Waals surface area contributed by atoms with Crippen LogP contribution in [0.4, 0.5) is 0 Å². The van der Waals surface area contributed by atoms with Crippen LogP contribution in [0.15, 0.2) is 69.5 Å². The molecule has 5 heteroatoms. The van der Waals surface area contributed by atoms with E-state index in [9.17, 15) is 0 Å². The van der Waals surface area contributed by atoms with Gasteiger partial charge in [-0.2, -0.15) is 0 Å². The SMILES string of the molecule is CCCCc1ccc2oc3c(ccc4c3ccc3c5cccc(B6OC(C)(C)C(C)(C)O6)c5oc34)c2c1. The first-order valence-electron chi connectivity index (χ1n) is 13.3. The average Bonchev–Trinajstić information content (AvgIpc) is 3.51. The highest BCUT2D eigenvalue weighted by atomic mass is 16.7. The van der Waals surface area contributed by atoms with Crippen molar-refractivity contribution >= 4 is 67.2 Å². The molecule has 4 nitrogen and oxygen atoms in total. The fourth-order valence-corrected chi connectivity index (χ4v) is 5.66. The maximum atomic E-state index is 6.63. The molecule has 0 radical (unpaired) electrons. The van der Waals surface area contributed by atoms with Crippen molar-refractivity contribution < 1.29 is 18.1 Å². The van der Waals surface area contributed by atoms with Gasteiger partial charge in [-0.25, -0.2) is 0 Å². The second-order valence-corrected chi connectivity index (χ2v) is 11.4. The Morgan fingerprint density at radius 1 is 0.649 bits per heavy atom. The Labute approximate surface area is 216 Å². The molecule has 1 aliphatic rings. The molecule has 2 aromatic heterocycles. The first kappa shape index (κ1) is 22.9. The largest absolute Gasteiger partial charge is 0.498 e. The third-order valence-electron chi connectivity index (χ3n) is 8.51. The summed E-state index contributed by atoms with van der Waals surface area (Å²) in [6, 6.07) is 21.5. The fraction of sp³-hybridized carbons (Fsp3) is 0.312. The molecule has 0 aliphatic carbocycles. The number of aryl methyl sites for hydroxylation is 1. The second kappa shape index (κ2) is 7.86. The first-order valence-corrected chi connectivity index (χ1v) is 13.3. The maximum absolute atomic E-state index is 6.63. The van der Waals surface area contributed by atoms with Gasteiger partial charge in [-0.15, -0.1) is 0 Å². The van der Waals surface area contributed by atoms with E-state index in [1.54, 1.807) is 0 Å². The molecule has 1 aliphatic heterocycles. The topological polar surface area (TPSA) is 44.7 Å². The van der Waals surface area contributed by atoms with Crippen LogP contribution in [0.2, 0.25) is 0 Å². The highest BCUT2D eigenvalue weighted by Crippen LogP contribution is 2.41. The minimum Gasteiger partial charge on any atom is -0.456 e. The van der Waals surface area contributed by atoms with Crippen LogP contribution < -0.4 is 5.46 Å². The molecule has 0 bridgehead atoms. The number of rotatable bonds is 4. The number of unbranched alkanes of at least 4 members (excludes halogenated alkanes) is 1. The lowest BCUT2D eigenvalue weighted by molar-refractivity contribution is 0.00578. The van der Waals surface area contributed by atoms with Gasteiger partial charge in [-0.1, -0.05) is 37.6 Å². The van der Waals surface area contributed by atoms with E-state index in [0.29, 0.717) is 0 Å². The predicted molar refractivity (Wildman–Crippen MR) is 153 cm³/mol. The minimum absolute atomic E-state index is 0.415. The number of para-hydroxylation sites is 1. The van der Waals surface area contributed by atoms with E-state index in [-0.39, 0.29) is 0 Å². The fourth-order valence-electron chi connectivity index (χ4n) is 5.66. The Morgan fingerprint density at radius 2 is 1.24 bits per heavy atom. The van der Waals surface area contributed by atoms with E-state index in [1.165, 1.54) is 23.8 Å². The number of benzene rings is 4. The summed E-state index contributed by atoms with van der Waals surface area (Å²) in [6.07, 6.45) is 3.48. The van der Waals surface area contributed by atoms with E-state index in [0.717, 1.165) is 61.1 Å². The quantitative estimate of drug-likeness (QED) is 0.233. The van der Waals surface area contributed by atoms with Crippen LogP contribution in [0.3, 0.4) is 0 Å². The standard InChI is InChI=1S/C32H31BO4/c1-6-7-9-19-12-17-27-25(18-19)24-16-15-23-22(28(24)34-27)14-13-21-20-10-8-11-26(30(20)35-29(21)23)33-36-31(2,3)32(4,5)37-33/h8,10-18H,6-7,9H2,1-5H3. The van der Waals surface area contributed by atoms with Crippen LogP contribution in [-0.2, 0) is 15.7 Å². The zero-order chi connectivity index (χ0) is 25.5. The van der Waals surface area contributed by atoms with Crippen LogP contribution in [0.5, 0.6) is 0 Å². The lowest BCUT2D eigenvalue weighted by atomic mass is 9.78. The normalized spacial score (nSPS) is 17.3. The molecule has 1 saturated heterocycles. The van der Waals surface area contributed by atoms with Crippen molar-refractivity contribution in [2.75, 3.05) is 0 Å². The van der Waals surface area contributed by atoms with Crippen LogP contribution in [-0.4, -0.2) is 18.3 Å². The minimum atomic E-state index is -0.482. The summed E-state index contributed by atoms with van der Waals surface area (Å²) in [5.41, 5.74) is 4.97. The van der Waals surface area contributed by atoms with Crippen molar-refractivity contribution in [2.45, 2.75) is 65.1 Å². The summed E-state index contributed by atoms with van der Waals surface area (Å²) < 4.78 is 25.8. The monoisotopic (exact) mass is 490 g/mol. The molecule has 4 aromatic carbocycles. The van der Waals surface area contributed by atoms with Gasteiger partial charge in [0, 0.05) is 37.8 Å². The number of fused-ring (bicyclic) bond motifs is 9. The van der Waals surface area contributed by atoms with Gasteiger partial charge >= 0.3 is 7.12 Å². The predicted octanol–water partition coefficient (Wildman–Crippen LogP) is 8.28. The van der Waals surface area contributed by atoms with E-state index in [2.05, 4.69) is 89.2 Å². The zero-order valence-corrected chi connectivity index (χ0v) is 22.1. The smallest absolute Gasteiger partial charge is 0.456 e. The number of hydrogen-bond acceptors (Lipinski definition) is 4. The number of furan rings is 2. The van der Waals surface area contributed by atoms with Crippen molar-refractivity contribution in [3.63, 3.8) is 0 Å². The molecule has 0 saturated carbocycles. The van der Waals surface area contributed by atoms with Gasteiger partial charge in [0.1, 0.15) is 22.3 Å². The van der Waals surface area contributed by atoms with Gasteiger partial charge in [0.25, 0.3) is 0 Å². The molecule has 0 spiro atoms. The van der Waals surface area contributed by atoms with Crippen molar-refractivity contribution in [1.82, 2.24) is 0 Å². The molecular weight excluding hydrogens is 459 g/mol. The van der Waals surface area contributed by atoms with E-state index in [4.69, 9.17) is 18.1 Å². The summed E-state index contributed by atoms with van der Waals surface area (Å²) >= 11 is 0. The Kier molecular flexibility index (Phi) is 4.86. The third-order valence-corrected chi connectivity index (χ3v) is 8.51. The summed E-state index contributed by atoms with van der Waals surface area (Å²) in [4.78, 5) is 0. The molecule has 0 atom stereocenters. The molecule has 3 heterocycles. The van der Waals surface area contributed by atoms with Gasteiger partial charge in [-0.05, 0) is 82.5 Å². The van der Waals surface area contributed by atoms with Crippen LogP contribution in [0.25, 0.3) is 54.6 Å². The third kappa shape index (κ3) is 3.30. The van der Waals surface area contributed by atoms with Gasteiger partial charge in [0.2, 0.25) is 0 Å². The first-order chi connectivity index (χ1) is 17.8. The molecule has 6 aromatic rings. The van der Waals surface area contributed by atoms with Crippen molar-refractivity contribution in [2.24, 2.45) is 0 Å².